The average molecular weight is 575 g/mol. The molecular formula is C27H21Cl2N4NaO3S. The minimum absolute atomic E-state index is 0. The van der Waals surface area contributed by atoms with E-state index in [4.69, 9.17) is 23.2 Å². The van der Waals surface area contributed by atoms with Gasteiger partial charge < -0.3 is 14.8 Å². The summed E-state index contributed by atoms with van der Waals surface area (Å²) in [4.78, 5) is 39.4. The van der Waals surface area contributed by atoms with Gasteiger partial charge in [0.05, 0.1) is 33.4 Å². The van der Waals surface area contributed by atoms with Crippen molar-refractivity contribution in [3.63, 3.8) is 0 Å². The molecule has 1 atom stereocenters. The summed E-state index contributed by atoms with van der Waals surface area (Å²) in [6, 6.07) is 14.1. The summed E-state index contributed by atoms with van der Waals surface area (Å²) >= 11 is 13.7. The van der Waals surface area contributed by atoms with E-state index < -0.39 is 17.7 Å². The number of nitrogens with zero attached hydrogens (tertiary/aromatic N) is 4. The van der Waals surface area contributed by atoms with Gasteiger partial charge in [-0.05, 0) is 42.3 Å². The van der Waals surface area contributed by atoms with Crippen LogP contribution in [0.5, 0.6) is 0 Å². The molecule has 0 aliphatic rings. The number of thiazole rings is 1. The fourth-order valence-corrected chi connectivity index (χ4v) is 4.83. The molecule has 0 bridgehead atoms. The van der Waals surface area contributed by atoms with E-state index in [1.807, 2.05) is 34.5 Å². The molecule has 0 N–H and O–H groups in total. The number of carbonyl (C=O) groups is 2. The number of carbonyl (C=O) groups excluding carboxylic acids is 2. The number of Topliss-reactive ketones (excluding diaryl/α,β-unsaturated/α-hetero) is 1. The van der Waals surface area contributed by atoms with Crippen LogP contribution in [0.3, 0.4) is 0 Å². The Labute approximate surface area is 256 Å². The van der Waals surface area contributed by atoms with Gasteiger partial charge in [0, 0.05) is 41.8 Å². The molecule has 0 aliphatic carbocycles. The molecule has 0 radical (unpaired) electrons. The zero-order valence-corrected chi connectivity index (χ0v) is 24.8. The van der Waals surface area contributed by atoms with Crippen molar-refractivity contribution in [2.75, 3.05) is 4.90 Å². The monoisotopic (exact) mass is 574 g/mol. The molecule has 38 heavy (non-hydrogen) atoms. The Bertz CT molecular complexity index is 1370. The van der Waals surface area contributed by atoms with Crippen LogP contribution < -0.4 is 39.6 Å². The van der Waals surface area contributed by atoms with E-state index >= 15 is 0 Å². The average Bonchev–Trinajstić information content (AvgIpc) is 3.41. The minimum Gasteiger partial charge on any atom is -0.550 e. The van der Waals surface area contributed by atoms with Gasteiger partial charge in [-0.2, -0.15) is 0 Å². The topological polar surface area (TPSA) is 99.1 Å². The summed E-state index contributed by atoms with van der Waals surface area (Å²) in [6.45, 7) is 0.513. The van der Waals surface area contributed by atoms with Gasteiger partial charge in [0.15, 0.2) is 5.78 Å². The number of hydrogen-bond donors (Lipinski definition) is 0. The first-order chi connectivity index (χ1) is 17.9. The quantitative estimate of drug-likeness (QED) is 0.200. The van der Waals surface area contributed by atoms with Gasteiger partial charge in [0.2, 0.25) is 5.95 Å². The Kier molecular flexibility index (Phi) is 11.5. The molecule has 2 aromatic heterocycles. The molecular weight excluding hydrogens is 554 g/mol. The van der Waals surface area contributed by atoms with E-state index in [0.717, 1.165) is 16.9 Å². The Morgan fingerprint density at radius 1 is 1.00 bits per heavy atom. The Morgan fingerprint density at radius 2 is 1.68 bits per heavy atom. The molecule has 4 rings (SSSR count). The van der Waals surface area contributed by atoms with Crippen molar-refractivity contribution in [3.05, 3.63) is 105 Å². The number of aliphatic carboxylic acids is 1. The molecule has 0 saturated heterocycles. The van der Waals surface area contributed by atoms with E-state index in [2.05, 4.69) is 15.0 Å². The number of benzene rings is 2. The van der Waals surface area contributed by atoms with Crippen LogP contribution in [-0.2, 0) is 11.3 Å². The predicted octanol–water partition coefficient (Wildman–Crippen LogP) is 2.62. The molecule has 0 saturated carbocycles. The maximum Gasteiger partial charge on any atom is 1.00 e. The Balaban J connectivity index is 0.00000400. The van der Waals surface area contributed by atoms with E-state index in [-0.39, 0.29) is 58.0 Å². The number of aromatic nitrogens is 3. The van der Waals surface area contributed by atoms with Crippen LogP contribution in [0.25, 0.3) is 6.08 Å². The van der Waals surface area contributed by atoms with E-state index in [1.54, 1.807) is 54.3 Å². The first-order valence-corrected chi connectivity index (χ1v) is 13.0. The summed E-state index contributed by atoms with van der Waals surface area (Å²) in [5.74, 6) is -2.21. The summed E-state index contributed by atoms with van der Waals surface area (Å²) in [7, 11) is 0. The zero-order chi connectivity index (χ0) is 26.2. The van der Waals surface area contributed by atoms with Crippen LogP contribution in [0.15, 0.2) is 77.9 Å². The normalized spacial score (nSPS) is 11.6. The van der Waals surface area contributed by atoms with Crippen LogP contribution >= 0.6 is 34.5 Å². The minimum atomic E-state index is -1.31. The van der Waals surface area contributed by atoms with Gasteiger partial charge in [0.1, 0.15) is 0 Å². The fraction of sp³-hybridized carbons (Fsp3) is 0.148. The van der Waals surface area contributed by atoms with Crippen molar-refractivity contribution in [1.29, 1.82) is 0 Å². The van der Waals surface area contributed by atoms with Gasteiger partial charge in [0.25, 0.3) is 0 Å². The Hall–Kier alpha value is -2.59. The molecule has 7 nitrogen and oxygen atoms in total. The summed E-state index contributed by atoms with van der Waals surface area (Å²) < 4.78 is 0. The largest absolute Gasteiger partial charge is 1.00 e. The molecule has 0 spiro atoms. The maximum atomic E-state index is 12.7. The summed E-state index contributed by atoms with van der Waals surface area (Å²) in [5, 5.41) is 14.0. The van der Waals surface area contributed by atoms with E-state index in [1.165, 1.54) is 11.3 Å². The maximum absolute atomic E-state index is 12.7. The number of carboxylic acids is 1. The second-order valence-corrected chi connectivity index (χ2v) is 9.62. The third-order valence-electron chi connectivity index (χ3n) is 5.54. The first kappa shape index (κ1) is 30.0. The Morgan fingerprint density at radius 3 is 2.29 bits per heavy atom. The fourth-order valence-electron chi connectivity index (χ4n) is 3.67. The van der Waals surface area contributed by atoms with Crippen LogP contribution in [-0.4, -0.2) is 26.7 Å². The van der Waals surface area contributed by atoms with Crippen LogP contribution in [0.4, 0.5) is 11.6 Å². The third kappa shape index (κ3) is 7.96. The zero-order valence-electron chi connectivity index (χ0n) is 20.5. The molecule has 1 unspecified atom stereocenters. The van der Waals surface area contributed by atoms with E-state index in [0.29, 0.717) is 12.5 Å². The molecule has 0 amide bonds. The van der Waals surface area contributed by atoms with Gasteiger partial charge in [-0.15, -0.1) is 11.3 Å². The van der Waals surface area contributed by atoms with Gasteiger partial charge in [-0.1, -0.05) is 53.6 Å². The number of hydrogen-bond acceptors (Lipinski definition) is 8. The first-order valence-electron chi connectivity index (χ1n) is 11.3. The second-order valence-electron chi connectivity index (χ2n) is 8.08. The number of allylic oxidation sites excluding steroid dienone is 1. The molecule has 188 valence electrons. The smallest absolute Gasteiger partial charge is 0.550 e. The molecule has 0 aliphatic heterocycles. The summed E-state index contributed by atoms with van der Waals surface area (Å²) in [6.07, 6.45) is 6.74. The summed E-state index contributed by atoms with van der Waals surface area (Å²) in [5.41, 5.74) is 4.56. The van der Waals surface area contributed by atoms with Crippen molar-refractivity contribution >= 4 is 64.0 Å². The van der Waals surface area contributed by atoms with Gasteiger partial charge in [-0.25, -0.2) is 15.0 Å². The SMILES string of the molecule is O=C(CC(C/C=C/c1ccc(N(Cc2cscn2)c2ncccn2)cc1)C(=O)[O-])c1c(Cl)cccc1Cl.[Na+]. The molecule has 11 heteroatoms. The number of carboxylic acid groups (broad SMARTS) is 1. The van der Waals surface area contributed by atoms with Crippen molar-refractivity contribution in [3.8, 4) is 0 Å². The molecule has 0 fully saturated rings. The number of ketones is 1. The number of anilines is 2. The number of rotatable bonds is 11. The van der Waals surface area contributed by atoms with Gasteiger partial charge in [-0.3, -0.25) is 4.79 Å². The van der Waals surface area contributed by atoms with Crippen LogP contribution in [0.2, 0.25) is 10.0 Å². The standard InChI is InChI=1S/C27H22Cl2N4O3S.Na/c28-22-6-2-7-23(29)25(22)24(34)14-19(26(35)36)5-1-4-18-8-10-21(11-9-18)33(15-20-16-37-17-32-20)27-30-12-3-13-31-27;/h1-4,6-13,16-17,19H,5,14-15H2,(H,35,36);/q;+1/p-1/b4-1+;. The van der Waals surface area contributed by atoms with Crippen LogP contribution in [0, 0.1) is 5.92 Å². The van der Waals surface area contributed by atoms with E-state index in [9.17, 15) is 14.7 Å². The predicted molar refractivity (Wildman–Crippen MR) is 144 cm³/mol. The second kappa shape index (κ2) is 14.5. The van der Waals surface area contributed by atoms with Crippen molar-refractivity contribution in [2.45, 2.75) is 19.4 Å². The van der Waals surface area contributed by atoms with Gasteiger partial charge >= 0.3 is 29.6 Å². The number of halogens is 2. The van der Waals surface area contributed by atoms with Crippen molar-refractivity contribution in [2.24, 2.45) is 5.92 Å². The van der Waals surface area contributed by atoms with Crippen LogP contribution in [0.1, 0.15) is 34.5 Å². The third-order valence-corrected chi connectivity index (χ3v) is 6.80. The van der Waals surface area contributed by atoms with Crippen molar-refractivity contribution < 1.29 is 44.3 Å². The molecule has 4 aromatic rings. The molecule has 2 heterocycles. The van der Waals surface area contributed by atoms with Crippen molar-refractivity contribution in [1.82, 2.24) is 15.0 Å². The molecule has 2 aromatic carbocycles.